The van der Waals surface area contributed by atoms with Crippen LogP contribution in [0.1, 0.15) is 0 Å². The van der Waals surface area contributed by atoms with Gasteiger partial charge in [-0.25, -0.2) is 14.4 Å². The van der Waals surface area contributed by atoms with Crippen molar-refractivity contribution in [2.45, 2.75) is 5.16 Å². The van der Waals surface area contributed by atoms with Crippen LogP contribution in [-0.4, -0.2) is 26.6 Å². The molecule has 2 aromatic heterocycles. The number of halogens is 2. The molecule has 0 aliphatic rings. The lowest BCUT2D eigenvalue weighted by molar-refractivity contribution is -0.113. The van der Waals surface area contributed by atoms with E-state index in [0.717, 1.165) is 32.9 Å². The van der Waals surface area contributed by atoms with E-state index in [1.165, 1.54) is 35.2 Å². The molecule has 2 N–H and O–H groups in total. The second-order valence-electron chi connectivity index (χ2n) is 7.16. The second kappa shape index (κ2) is 9.35. The quantitative estimate of drug-likeness (QED) is 0.252. The van der Waals surface area contributed by atoms with Crippen molar-refractivity contribution in [3.63, 3.8) is 0 Å². The lowest BCUT2D eigenvalue weighted by Gasteiger charge is -2.05. The SMILES string of the molecule is O=C(CSc1nc2ccc(Cl)cc2[nH]1)Nc1ccc(-c2csc(-c3ccc(F)cc3)n2)cc1. The summed E-state index contributed by atoms with van der Waals surface area (Å²) >= 11 is 8.83. The fourth-order valence-electron chi connectivity index (χ4n) is 3.21. The standard InChI is InChI=1S/C24H16ClFN4OS2/c25-16-5-10-19-20(11-16)30-24(29-19)33-13-22(31)27-18-8-3-14(4-9-18)21-12-32-23(28-21)15-1-6-17(26)7-2-15/h1-12H,13H2,(H,27,31)(H,29,30). The number of H-pyrrole nitrogens is 1. The third kappa shape index (κ3) is 5.08. The van der Waals surface area contributed by atoms with Crippen molar-refractivity contribution in [3.05, 3.63) is 82.9 Å². The van der Waals surface area contributed by atoms with Gasteiger partial charge in [0.1, 0.15) is 10.8 Å². The van der Waals surface area contributed by atoms with Crippen molar-refractivity contribution < 1.29 is 9.18 Å². The predicted molar refractivity (Wildman–Crippen MR) is 133 cm³/mol. The van der Waals surface area contributed by atoms with E-state index in [9.17, 15) is 9.18 Å². The van der Waals surface area contributed by atoms with Gasteiger partial charge in [0, 0.05) is 27.2 Å². The van der Waals surface area contributed by atoms with Crippen molar-refractivity contribution in [3.8, 4) is 21.8 Å². The molecule has 5 nitrogen and oxygen atoms in total. The molecule has 0 atom stereocenters. The number of carbonyl (C=O) groups excluding carboxylic acids is 1. The molecule has 0 unspecified atom stereocenters. The molecule has 164 valence electrons. The van der Waals surface area contributed by atoms with Crippen LogP contribution in [0.25, 0.3) is 32.9 Å². The molecule has 0 radical (unpaired) electrons. The molecular formula is C24H16ClFN4OS2. The van der Waals surface area contributed by atoms with E-state index in [4.69, 9.17) is 11.6 Å². The largest absolute Gasteiger partial charge is 0.333 e. The molecule has 33 heavy (non-hydrogen) atoms. The number of nitrogens with zero attached hydrogens (tertiary/aromatic N) is 2. The van der Waals surface area contributed by atoms with Crippen LogP contribution in [0, 0.1) is 5.82 Å². The molecule has 0 bridgehead atoms. The van der Waals surface area contributed by atoms with Gasteiger partial charge in [0.2, 0.25) is 5.91 Å². The van der Waals surface area contributed by atoms with Crippen LogP contribution >= 0.6 is 34.7 Å². The number of amides is 1. The molecule has 0 aliphatic heterocycles. The summed E-state index contributed by atoms with van der Waals surface area (Å²) in [5.74, 6) is -0.171. The van der Waals surface area contributed by atoms with E-state index in [2.05, 4.69) is 20.3 Å². The minimum atomic E-state index is -0.269. The Morgan fingerprint density at radius 2 is 1.79 bits per heavy atom. The Bertz CT molecular complexity index is 1430. The maximum atomic E-state index is 13.1. The van der Waals surface area contributed by atoms with Crippen molar-refractivity contribution in [2.75, 3.05) is 11.1 Å². The van der Waals surface area contributed by atoms with Crippen molar-refractivity contribution in [2.24, 2.45) is 0 Å². The Morgan fingerprint density at radius 1 is 1.03 bits per heavy atom. The van der Waals surface area contributed by atoms with E-state index in [1.807, 2.05) is 35.7 Å². The molecule has 0 spiro atoms. The summed E-state index contributed by atoms with van der Waals surface area (Å²) in [4.78, 5) is 24.6. The fourth-order valence-corrected chi connectivity index (χ4v) is 4.91. The minimum absolute atomic E-state index is 0.126. The lowest BCUT2D eigenvalue weighted by atomic mass is 10.1. The number of thioether (sulfide) groups is 1. The monoisotopic (exact) mass is 494 g/mol. The Kier molecular flexibility index (Phi) is 6.13. The zero-order chi connectivity index (χ0) is 22.8. The number of rotatable bonds is 6. The zero-order valence-corrected chi connectivity index (χ0v) is 19.4. The number of imidazole rings is 1. The highest BCUT2D eigenvalue weighted by atomic mass is 35.5. The summed E-state index contributed by atoms with van der Waals surface area (Å²) in [6.07, 6.45) is 0. The molecule has 1 amide bonds. The van der Waals surface area contributed by atoms with Crippen LogP contribution in [0.4, 0.5) is 10.1 Å². The first-order valence-corrected chi connectivity index (χ1v) is 12.2. The topological polar surface area (TPSA) is 70.7 Å². The number of aromatic amines is 1. The van der Waals surface area contributed by atoms with Crippen LogP contribution in [0.2, 0.25) is 5.02 Å². The minimum Gasteiger partial charge on any atom is -0.333 e. The highest BCUT2D eigenvalue weighted by molar-refractivity contribution is 7.99. The summed E-state index contributed by atoms with van der Waals surface area (Å²) in [7, 11) is 0. The number of anilines is 1. The number of benzene rings is 3. The number of nitrogens with one attached hydrogen (secondary N) is 2. The zero-order valence-electron chi connectivity index (χ0n) is 17.0. The van der Waals surface area contributed by atoms with Gasteiger partial charge in [-0.3, -0.25) is 4.79 Å². The first-order valence-electron chi connectivity index (χ1n) is 9.93. The number of fused-ring (bicyclic) bond motifs is 1. The number of aromatic nitrogens is 3. The summed E-state index contributed by atoms with van der Waals surface area (Å²) in [6.45, 7) is 0. The summed E-state index contributed by atoms with van der Waals surface area (Å²) < 4.78 is 13.1. The first-order chi connectivity index (χ1) is 16.0. The van der Waals surface area contributed by atoms with Crippen LogP contribution < -0.4 is 5.32 Å². The van der Waals surface area contributed by atoms with Gasteiger partial charge in [-0.2, -0.15) is 0 Å². The molecular weight excluding hydrogens is 479 g/mol. The van der Waals surface area contributed by atoms with Gasteiger partial charge in [-0.15, -0.1) is 11.3 Å². The lowest BCUT2D eigenvalue weighted by Crippen LogP contribution is -2.14. The Hall–Kier alpha value is -3.20. The second-order valence-corrected chi connectivity index (χ2v) is 9.42. The molecule has 2 heterocycles. The third-order valence-electron chi connectivity index (χ3n) is 4.82. The average molecular weight is 495 g/mol. The number of thiazole rings is 1. The first kappa shape index (κ1) is 21.6. The van der Waals surface area contributed by atoms with Crippen molar-refractivity contribution >= 4 is 57.3 Å². The molecule has 0 fully saturated rings. The van der Waals surface area contributed by atoms with Crippen molar-refractivity contribution in [1.29, 1.82) is 0 Å². The normalized spacial score (nSPS) is 11.1. The van der Waals surface area contributed by atoms with Crippen LogP contribution in [0.3, 0.4) is 0 Å². The van der Waals surface area contributed by atoms with E-state index in [0.29, 0.717) is 15.9 Å². The smallest absolute Gasteiger partial charge is 0.234 e. The number of hydrogen-bond donors (Lipinski definition) is 2. The molecule has 0 saturated heterocycles. The average Bonchev–Trinajstić information content (AvgIpc) is 3.46. The summed E-state index contributed by atoms with van der Waals surface area (Å²) in [5.41, 5.74) is 5.00. The molecule has 9 heteroatoms. The maximum absolute atomic E-state index is 13.1. The van der Waals surface area contributed by atoms with Crippen LogP contribution in [-0.2, 0) is 4.79 Å². The van der Waals surface area contributed by atoms with Gasteiger partial charge in [0.25, 0.3) is 0 Å². The van der Waals surface area contributed by atoms with Gasteiger partial charge < -0.3 is 10.3 Å². The van der Waals surface area contributed by atoms with Crippen LogP contribution in [0.5, 0.6) is 0 Å². The van der Waals surface area contributed by atoms with Gasteiger partial charge in [0.15, 0.2) is 5.16 Å². The Labute approximate surface area is 202 Å². The van der Waals surface area contributed by atoms with Crippen LogP contribution in [0.15, 0.2) is 77.3 Å². The molecule has 0 saturated carbocycles. The van der Waals surface area contributed by atoms with E-state index in [1.54, 1.807) is 24.3 Å². The molecule has 3 aromatic carbocycles. The Morgan fingerprint density at radius 3 is 2.58 bits per heavy atom. The number of hydrogen-bond acceptors (Lipinski definition) is 5. The van der Waals surface area contributed by atoms with Crippen molar-refractivity contribution in [1.82, 2.24) is 15.0 Å². The fraction of sp³-hybridized carbons (Fsp3) is 0.0417. The predicted octanol–water partition coefficient (Wildman–Crippen LogP) is 6.88. The summed E-state index contributed by atoms with van der Waals surface area (Å²) in [5, 5.41) is 6.98. The maximum Gasteiger partial charge on any atom is 0.234 e. The number of carbonyl (C=O) groups is 1. The highest BCUT2D eigenvalue weighted by Gasteiger charge is 2.10. The van der Waals surface area contributed by atoms with E-state index < -0.39 is 0 Å². The van der Waals surface area contributed by atoms with Gasteiger partial charge in [-0.1, -0.05) is 35.5 Å². The van der Waals surface area contributed by atoms with Gasteiger partial charge >= 0.3 is 0 Å². The van der Waals surface area contributed by atoms with E-state index >= 15 is 0 Å². The third-order valence-corrected chi connectivity index (χ3v) is 6.82. The van der Waals surface area contributed by atoms with Gasteiger partial charge in [-0.05, 0) is 54.6 Å². The van der Waals surface area contributed by atoms with Gasteiger partial charge in [0.05, 0.1) is 22.5 Å². The molecule has 5 aromatic rings. The van der Waals surface area contributed by atoms with E-state index in [-0.39, 0.29) is 17.5 Å². The molecule has 5 rings (SSSR count). The highest BCUT2D eigenvalue weighted by Crippen LogP contribution is 2.29. The summed E-state index contributed by atoms with van der Waals surface area (Å²) in [6, 6.07) is 19.2. The Balaban J connectivity index is 1.19. The molecule has 0 aliphatic carbocycles.